The van der Waals surface area contributed by atoms with E-state index in [0.717, 1.165) is 0 Å². The zero-order chi connectivity index (χ0) is 11.3. The second-order valence-corrected chi connectivity index (χ2v) is 4.61. The fraction of sp³-hybridized carbons (Fsp3) is 0.778. The minimum Gasteiger partial charge on any atom is -0.344 e. The van der Waals surface area contributed by atoms with Crippen LogP contribution in [0.3, 0.4) is 0 Å². The van der Waals surface area contributed by atoms with E-state index in [9.17, 15) is 9.59 Å². The average Bonchev–Trinajstić information content (AvgIpc) is 2.04. The highest BCUT2D eigenvalue weighted by atomic mass is 127. The van der Waals surface area contributed by atoms with Gasteiger partial charge >= 0.3 is 0 Å². The van der Waals surface area contributed by atoms with Crippen molar-refractivity contribution in [3.05, 3.63) is 0 Å². The molecule has 4 nitrogen and oxygen atoms in total. The van der Waals surface area contributed by atoms with Crippen molar-refractivity contribution in [1.82, 2.24) is 10.6 Å². The summed E-state index contributed by atoms with van der Waals surface area (Å²) in [6, 6.07) is -0.661. The summed E-state index contributed by atoms with van der Waals surface area (Å²) in [4.78, 5) is 22.5. The Bertz CT molecular complexity index is 219. The van der Waals surface area contributed by atoms with Gasteiger partial charge in [0.15, 0.2) is 0 Å². The van der Waals surface area contributed by atoms with E-state index in [-0.39, 0.29) is 21.7 Å². The van der Waals surface area contributed by atoms with Crippen LogP contribution in [-0.4, -0.2) is 28.8 Å². The molecule has 0 spiro atoms. The van der Waals surface area contributed by atoms with Crippen molar-refractivity contribution in [2.75, 3.05) is 7.05 Å². The first-order valence-electron chi connectivity index (χ1n) is 4.57. The summed E-state index contributed by atoms with van der Waals surface area (Å²) < 4.78 is -0.0606. The maximum Gasteiger partial charge on any atom is 0.237 e. The molecule has 0 radical (unpaired) electrons. The summed E-state index contributed by atoms with van der Waals surface area (Å²) in [5.74, 6) is 0.0801. The summed E-state index contributed by atoms with van der Waals surface area (Å²) in [6.45, 7) is 5.59. The van der Waals surface area contributed by atoms with Gasteiger partial charge in [0.05, 0.1) is 12.1 Å². The molecule has 1 amide bonds. The minimum atomic E-state index is -0.419. The molecule has 14 heavy (non-hydrogen) atoms. The van der Waals surface area contributed by atoms with Gasteiger partial charge in [-0.05, 0) is 19.9 Å². The van der Waals surface area contributed by atoms with E-state index in [1.165, 1.54) is 0 Å². The van der Waals surface area contributed by atoms with Crippen LogP contribution in [-0.2, 0) is 9.59 Å². The number of hydrogen-bond donors (Lipinski definition) is 2. The standard InChI is InChI=1S/C9H17IN2O2/c1-5(2)7(11-4)9(14)12-6(3)8(10)13/h5-7,11H,1-4H3,(H,12,14)/t6-,7-/m0/s1. The van der Waals surface area contributed by atoms with Gasteiger partial charge in [-0.1, -0.05) is 13.8 Å². The summed E-state index contributed by atoms with van der Waals surface area (Å²) in [6.07, 6.45) is 0. The van der Waals surface area contributed by atoms with E-state index >= 15 is 0 Å². The van der Waals surface area contributed by atoms with E-state index in [1.54, 1.807) is 36.6 Å². The highest BCUT2D eigenvalue weighted by molar-refractivity contribution is 14.1. The number of carbonyl (C=O) groups is 2. The number of nitrogens with one attached hydrogen (secondary N) is 2. The normalized spacial score (nSPS) is 15.0. The van der Waals surface area contributed by atoms with Crippen LogP contribution in [0.4, 0.5) is 0 Å². The highest BCUT2D eigenvalue weighted by Gasteiger charge is 2.22. The number of hydrogen-bond acceptors (Lipinski definition) is 3. The molecule has 0 heterocycles. The molecule has 0 unspecified atom stereocenters. The summed E-state index contributed by atoms with van der Waals surface area (Å²) in [7, 11) is 1.74. The third kappa shape index (κ3) is 4.36. The van der Waals surface area contributed by atoms with E-state index in [1.807, 2.05) is 13.8 Å². The molecular weight excluding hydrogens is 295 g/mol. The number of carbonyl (C=O) groups excluding carboxylic acids is 2. The zero-order valence-electron chi connectivity index (χ0n) is 8.93. The third-order valence-corrected chi connectivity index (χ3v) is 2.89. The molecular formula is C9H17IN2O2. The van der Waals surface area contributed by atoms with Gasteiger partial charge in [0.25, 0.3) is 0 Å². The Labute approximate surface area is 98.3 Å². The molecule has 82 valence electrons. The van der Waals surface area contributed by atoms with Crippen LogP contribution in [0.1, 0.15) is 20.8 Å². The molecule has 5 heteroatoms. The van der Waals surface area contributed by atoms with E-state index in [0.29, 0.717) is 0 Å². The van der Waals surface area contributed by atoms with Gasteiger partial charge in [-0.25, -0.2) is 0 Å². The maximum absolute atomic E-state index is 11.6. The molecule has 0 aromatic heterocycles. The third-order valence-electron chi connectivity index (χ3n) is 1.96. The number of likely N-dealkylation sites (N-methyl/N-ethyl adjacent to an activating group) is 1. The van der Waals surface area contributed by atoms with Crippen LogP contribution in [0.15, 0.2) is 0 Å². The maximum atomic E-state index is 11.6. The number of rotatable bonds is 5. The summed E-state index contributed by atoms with van der Waals surface area (Å²) >= 11 is 1.68. The molecule has 0 aliphatic heterocycles. The lowest BCUT2D eigenvalue weighted by atomic mass is 10.0. The number of amides is 1. The van der Waals surface area contributed by atoms with Crippen molar-refractivity contribution < 1.29 is 9.59 Å². The monoisotopic (exact) mass is 312 g/mol. The minimum absolute atomic E-state index is 0.0606. The first-order valence-corrected chi connectivity index (χ1v) is 5.65. The molecule has 0 aromatic rings. The molecule has 2 atom stereocenters. The molecule has 2 N–H and O–H groups in total. The first kappa shape index (κ1) is 13.8. The van der Waals surface area contributed by atoms with Crippen molar-refractivity contribution in [2.24, 2.45) is 5.92 Å². The quantitative estimate of drug-likeness (QED) is 0.580. The Balaban J connectivity index is 4.24. The zero-order valence-corrected chi connectivity index (χ0v) is 11.1. The Hall–Kier alpha value is -0.170. The van der Waals surface area contributed by atoms with E-state index < -0.39 is 6.04 Å². The van der Waals surface area contributed by atoms with Gasteiger partial charge in [0.1, 0.15) is 0 Å². The van der Waals surface area contributed by atoms with Crippen molar-refractivity contribution in [3.63, 3.8) is 0 Å². The van der Waals surface area contributed by atoms with Gasteiger partial charge in [-0.15, -0.1) is 0 Å². The van der Waals surface area contributed by atoms with Crippen LogP contribution < -0.4 is 10.6 Å². The average molecular weight is 312 g/mol. The van der Waals surface area contributed by atoms with Crippen LogP contribution in [0.5, 0.6) is 0 Å². The lowest BCUT2D eigenvalue weighted by Gasteiger charge is -2.21. The van der Waals surface area contributed by atoms with E-state index in [4.69, 9.17) is 0 Å². The first-order chi connectivity index (χ1) is 6.40. The van der Waals surface area contributed by atoms with Crippen LogP contribution in [0.25, 0.3) is 0 Å². The highest BCUT2D eigenvalue weighted by Crippen LogP contribution is 2.02. The Morgan fingerprint density at radius 1 is 1.21 bits per heavy atom. The van der Waals surface area contributed by atoms with Crippen molar-refractivity contribution in [2.45, 2.75) is 32.9 Å². The lowest BCUT2D eigenvalue weighted by Crippen LogP contribution is -2.49. The van der Waals surface area contributed by atoms with Gasteiger partial charge < -0.3 is 10.6 Å². The van der Waals surface area contributed by atoms with Crippen molar-refractivity contribution in [1.29, 1.82) is 0 Å². The predicted octanol–water partition coefficient (Wildman–Crippen LogP) is 0.697. The molecule has 0 rings (SSSR count). The Kier molecular flexibility index (Phi) is 6.26. The molecule has 0 fully saturated rings. The van der Waals surface area contributed by atoms with Crippen molar-refractivity contribution in [3.8, 4) is 0 Å². The second kappa shape index (κ2) is 6.34. The molecule has 0 bridgehead atoms. The molecule has 0 saturated carbocycles. The number of halogens is 1. The molecule has 0 aromatic carbocycles. The largest absolute Gasteiger partial charge is 0.344 e. The summed E-state index contributed by atoms with van der Waals surface area (Å²) in [5.41, 5.74) is 0. The smallest absolute Gasteiger partial charge is 0.237 e. The van der Waals surface area contributed by atoms with Gasteiger partial charge in [0, 0.05) is 22.6 Å². The van der Waals surface area contributed by atoms with Gasteiger partial charge in [-0.2, -0.15) is 0 Å². The SMILES string of the molecule is CN[C@H](C(=O)N[C@@H](C)C(=O)I)C(C)C. The molecule has 0 aliphatic rings. The topological polar surface area (TPSA) is 58.2 Å². The Morgan fingerprint density at radius 2 is 1.71 bits per heavy atom. The summed E-state index contributed by atoms with van der Waals surface area (Å²) in [5, 5.41) is 5.57. The Morgan fingerprint density at radius 3 is 2.00 bits per heavy atom. The van der Waals surface area contributed by atoms with Crippen LogP contribution in [0.2, 0.25) is 0 Å². The molecule has 0 saturated heterocycles. The fourth-order valence-electron chi connectivity index (χ4n) is 1.13. The van der Waals surface area contributed by atoms with Crippen LogP contribution in [0, 0.1) is 5.92 Å². The molecule has 0 aliphatic carbocycles. The predicted molar refractivity (Wildman–Crippen MR) is 64.3 cm³/mol. The second-order valence-electron chi connectivity index (χ2n) is 3.54. The fourth-order valence-corrected chi connectivity index (χ4v) is 1.28. The van der Waals surface area contributed by atoms with E-state index in [2.05, 4.69) is 10.6 Å². The lowest BCUT2D eigenvalue weighted by molar-refractivity contribution is -0.126. The van der Waals surface area contributed by atoms with Crippen molar-refractivity contribution >= 4 is 32.3 Å². The van der Waals surface area contributed by atoms with Gasteiger partial charge in [-0.3, -0.25) is 9.59 Å². The van der Waals surface area contributed by atoms with Crippen LogP contribution >= 0.6 is 22.6 Å². The van der Waals surface area contributed by atoms with Gasteiger partial charge in [0.2, 0.25) is 9.70 Å².